The summed E-state index contributed by atoms with van der Waals surface area (Å²) in [6, 6.07) is 9.00. The Morgan fingerprint density at radius 1 is 1.26 bits per heavy atom. The van der Waals surface area contributed by atoms with Gasteiger partial charge in [0.2, 0.25) is 0 Å². The number of aryl methyl sites for hydroxylation is 1. The van der Waals surface area contributed by atoms with Gasteiger partial charge in [-0.25, -0.2) is 9.97 Å². The van der Waals surface area contributed by atoms with Gasteiger partial charge in [-0.05, 0) is 43.7 Å². The summed E-state index contributed by atoms with van der Waals surface area (Å²) in [6.45, 7) is 7.59. The zero-order valence-electron chi connectivity index (χ0n) is 11.0. The number of nitrogens with zero attached hydrogens (tertiary/aromatic N) is 2. The van der Waals surface area contributed by atoms with Gasteiger partial charge in [-0.3, -0.25) is 4.79 Å². The lowest BCUT2D eigenvalue weighted by molar-refractivity contribution is 0.102. The lowest BCUT2D eigenvalue weighted by Gasteiger charge is -2.09. The molecule has 2 heterocycles. The van der Waals surface area contributed by atoms with Crippen molar-refractivity contribution in [2.45, 2.75) is 13.8 Å². The van der Waals surface area contributed by atoms with E-state index in [1.807, 2.05) is 32.0 Å². The summed E-state index contributed by atoms with van der Waals surface area (Å²) >= 11 is 0. The van der Waals surface area contributed by atoms with E-state index in [1.165, 1.54) is 0 Å². The summed E-state index contributed by atoms with van der Waals surface area (Å²) in [5, 5.41) is 2.76. The number of aromatic nitrogens is 2. The Morgan fingerprint density at radius 2 is 2.05 bits per heavy atom. The molecule has 2 rings (SSSR count). The highest BCUT2D eigenvalue weighted by Gasteiger charge is 2.11. The highest BCUT2D eigenvalue weighted by molar-refractivity contribution is 6.03. The molecule has 0 atom stereocenters. The van der Waals surface area contributed by atoms with Crippen molar-refractivity contribution in [3.63, 3.8) is 0 Å². The van der Waals surface area contributed by atoms with Crippen LogP contribution in [0.1, 0.15) is 28.7 Å². The highest BCUT2D eigenvalue weighted by Crippen LogP contribution is 2.19. The number of anilines is 1. The van der Waals surface area contributed by atoms with Crippen molar-refractivity contribution in [3.8, 4) is 0 Å². The molecule has 2 aromatic heterocycles. The van der Waals surface area contributed by atoms with Gasteiger partial charge in [-0.15, -0.1) is 0 Å². The zero-order chi connectivity index (χ0) is 13.8. The molecule has 0 unspecified atom stereocenters. The quantitative estimate of drug-likeness (QED) is 0.914. The molecule has 0 aliphatic rings. The molecule has 96 valence electrons. The SMILES string of the molecule is C=C(C)c1cccnc1NC(=O)c1cccc(C)n1. The molecule has 0 spiro atoms. The molecule has 1 N–H and O–H groups in total. The van der Waals surface area contributed by atoms with Crippen LogP contribution in [0.25, 0.3) is 5.57 Å². The van der Waals surface area contributed by atoms with Crippen LogP contribution in [0, 0.1) is 6.92 Å². The molecule has 0 aromatic carbocycles. The summed E-state index contributed by atoms with van der Waals surface area (Å²) in [4.78, 5) is 20.4. The van der Waals surface area contributed by atoms with Crippen molar-refractivity contribution in [1.82, 2.24) is 9.97 Å². The van der Waals surface area contributed by atoms with Gasteiger partial charge in [0.05, 0.1) is 0 Å². The van der Waals surface area contributed by atoms with Crippen LogP contribution in [-0.2, 0) is 0 Å². The van der Waals surface area contributed by atoms with Crippen LogP contribution in [0.15, 0.2) is 43.1 Å². The molecular weight excluding hydrogens is 238 g/mol. The highest BCUT2D eigenvalue weighted by atomic mass is 16.1. The van der Waals surface area contributed by atoms with Crippen LogP contribution in [0.4, 0.5) is 5.82 Å². The second kappa shape index (κ2) is 5.44. The van der Waals surface area contributed by atoms with Crippen LogP contribution < -0.4 is 5.32 Å². The Hall–Kier alpha value is -2.49. The fraction of sp³-hybridized carbons (Fsp3) is 0.133. The first-order valence-electron chi connectivity index (χ1n) is 5.94. The number of allylic oxidation sites excluding steroid dienone is 1. The van der Waals surface area contributed by atoms with E-state index < -0.39 is 0 Å². The Labute approximate surface area is 112 Å². The lowest BCUT2D eigenvalue weighted by atomic mass is 10.1. The zero-order valence-corrected chi connectivity index (χ0v) is 11.0. The normalized spacial score (nSPS) is 10.0. The summed E-state index contributed by atoms with van der Waals surface area (Å²) in [6.07, 6.45) is 1.63. The smallest absolute Gasteiger partial charge is 0.275 e. The minimum atomic E-state index is -0.273. The summed E-state index contributed by atoms with van der Waals surface area (Å²) in [5.74, 6) is 0.230. The van der Waals surface area contributed by atoms with Gasteiger partial charge in [-0.1, -0.05) is 12.6 Å². The van der Waals surface area contributed by atoms with E-state index in [9.17, 15) is 4.79 Å². The van der Waals surface area contributed by atoms with Crippen LogP contribution in [-0.4, -0.2) is 15.9 Å². The number of carbonyl (C=O) groups is 1. The molecule has 1 amide bonds. The molecule has 0 saturated carbocycles. The maximum atomic E-state index is 12.1. The number of hydrogen-bond donors (Lipinski definition) is 1. The minimum absolute atomic E-state index is 0.273. The Kier molecular flexibility index (Phi) is 3.71. The van der Waals surface area contributed by atoms with Gasteiger partial charge >= 0.3 is 0 Å². The molecule has 2 aromatic rings. The van der Waals surface area contributed by atoms with E-state index in [1.54, 1.807) is 18.3 Å². The summed E-state index contributed by atoms with van der Waals surface area (Å²) in [5.41, 5.74) is 2.84. The summed E-state index contributed by atoms with van der Waals surface area (Å²) < 4.78 is 0. The van der Waals surface area contributed by atoms with Crippen molar-refractivity contribution >= 4 is 17.3 Å². The first kappa shape index (κ1) is 13.0. The van der Waals surface area contributed by atoms with Crippen molar-refractivity contribution in [1.29, 1.82) is 0 Å². The largest absolute Gasteiger partial charge is 0.305 e. The number of hydrogen-bond acceptors (Lipinski definition) is 3. The molecule has 19 heavy (non-hydrogen) atoms. The Morgan fingerprint density at radius 3 is 2.74 bits per heavy atom. The Balaban J connectivity index is 2.27. The van der Waals surface area contributed by atoms with Gasteiger partial charge in [0.25, 0.3) is 5.91 Å². The third-order valence-corrected chi connectivity index (χ3v) is 2.62. The molecule has 0 aliphatic carbocycles. The van der Waals surface area contributed by atoms with E-state index in [4.69, 9.17) is 0 Å². The average molecular weight is 253 g/mol. The van der Waals surface area contributed by atoms with Crippen molar-refractivity contribution < 1.29 is 4.79 Å². The van der Waals surface area contributed by atoms with E-state index in [2.05, 4.69) is 21.9 Å². The Bertz CT molecular complexity index is 635. The monoisotopic (exact) mass is 253 g/mol. The minimum Gasteiger partial charge on any atom is -0.305 e. The number of pyridine rings is 2. The maximum absolute atomic E-state index is 12.1. The van der Waals surface area contributed by atoms with E-state index in [0.29, 0.717) is 11.5 Å². The first-order valence-corrected chi connectivity index (χ1v) is 5.94. The molecular formula is C15H15N3O. The second-order valence-corrected chi connectivity index (χ2v) is 4.30. The van der Waals surface area contributed by atoms with Gasteiger partial charge in [0, 0.05) is 17.5 Å². The van der Waals surface area contributed by atoms with Crippen LogP contribution in [0.5, 0.6) is 0 Å². The van der Waals surface area contributed by atoms with Crippen LogP contribution >= 0.6 is 0 Å². The van der Waals surface area contributed by atoms with Gasteiger partial charge in [0.15, 0.2) is 0 Å². The van der Waals surface area contributed by atoms with Crippen LogP contribution in [0.2, 0.25) is 0 Å². The van der Waals surface area contributed by atoms with Gasteiger partial charge in [-0.2, -0.15) is 0 Å². The van der Waals surface area contributed by atoms with Crippen molar-refractivity contribution in [2.24, 2.45) is 0 Å². The molecule has 0 bridgehead atoms. The van der Waals surface area contributed by atoms with E-state index in [-0.39, 0.29) is 5.91 Å². The average Bonchev–Trinajstić information content (AvgIpc) is 2.39. The number of rotatable bonds is 3. The predicted molar refractivity (Wildman–Crippen MR) is 75.9 cm³/mol. The number of carbonyl (C=O) groups excluding carboxylic acids is 1. The molecule has 4 nitrogen and oxygen atoms in total. The fourth-order valence-electron chi connectivity index (χ4n) is 1.69. The van der Waals surface area contributed by atoms with E-state index >= 15 is 0 Å². The third kappa shape index (κ3) is 3.04. The maximum Gasteiger partial charge on any atom is 0.275 e. The molecule has 4 heteroatoms. The summed E-state index contributed by atoms with van der Waals surface area (Å²) in [7, 11) is 0. The second-order valence-electron chi connectivity index (χ2n) is 4.30. The first-order chi connectivity index (χ1) is 9.08. The lowest BCUT2D eigenvalue weighted by Crippen LogP contribution is -2.16. The molecule has 0 fully saturated rings. The van der Waals surface area contributed by atoms with Crippen LogP contribution in [0.3, 0.4) is 0 Å². The third-order valence-electron chi connectivity index (χ3n) is 2.62. The molecule has 0 saturated heterocycles. The standard InChI is InChI=1S/C15H15N3O/c1-10(2)12-7-5-9-16-14(12)18-15(19)13-8-4-6-11(3)17-13/h4-9H,1H2,2-3H3,(H,16,18,19). The van der Waals surface area contributed by atoms with E-state index in [0.717, 1.165) is 16.8 Å². The predicted octanol–water partition coefficient (Wildman–Crippen LogP) is 3.07. The van der Waals surface area contributed by atoms with Gasteiger partial charge < -0.3 is 5.32 Å². The molecule has 0 radical (unpaired) electrons. The number of amides is 1. The topological polar surface area (TPSA) is 54.9 Å². The van der Waals surface area contributed by atoms with Gasteiger partial charge in [0.1, 0.15) is 11.5 Å². The molecule has 0 aliphatic heterocycles. The van der Waals surface area contributed by atoms with Crippen molar-refractivity contribution in [3.05, 3.63) is 60.1 Å². The number of nitrogens with one attached hydrogen (secondary N) is 1. The van der Waals surface area contributed by atoms with Crippen molar-refractivity contribution in [2.75, 3.05) is 5.32 Å². The fourth-order valence-corrected chi connectivity index (χ4v) is 1.69.